The third-order valence-corrected chi connectivity index (χ3v) is 2.47. The first-order valence-electron chi connectivity index (χ1n) is 4.89. The van der Waals surface area contributed by atoms with Crippen molar-refractivity contribution in [1.29, 1.82) is 0 Å². The second-order valence-corrected chi connectivity index (χ2v) is 3.41. The molecule has 1 atom stereocenters. The molecule has 2 aromatic rings. The maximum Gasteiger partial charge on any atom is 0.0798 e. The van der Waals surface area contributed by atoms with Crippen molar-refractivity contribution in [3.8, 4) is 0 Å². The molecular formula is C11H14N4. The second kappa shape index (κ2) is 4.23. The fourth-order valence-electron chi connectivity index (χ4n) is 1.69. The van der Waals surface area contributed by atoms with Crippen molar-refractivity contribution in [1.82, 2.24) is 20.3 Å². The number of hydrogen-bond acceptors (Lipinski definition) is 3. The number of hydrogen-bond donors (Lipinski definition) is 1. The molecule has 1 aromatic heterocycles. The van der Waals surface area contributed by atoms with Crippen LogP contribution < -0.4 is 5.32 Å². The van der Waals surface area contributed by atoms with E-state index < -0.39 is 0 Å². The molecular weight excluding hydrogens is 188 g/mol. The molecule has 0 saturated heterocycles. The van der Waals surface area contributed by atoms with Crippen molar-refractivity contribution >= 4 is 0 Å². The van der Waals surface area contributed by atoms with Crippen LogP contribution >= 0.6 is 0 Å². The number of aryl methyl sites for hydroxylation is 1. The van der Waals surface area contributed by atoms with Gasteiger partial charge in [0.25, 0.3) is 0 Å². The van der Waals surface area contributed by atoms with E-state index in [1.807, 2.05) is 32.3 Å². The zero-order chi connectivity index (χ0) is 10.7. The normalized spacial score (nSPS) is 12.7. The summed E-state index contributed by atoms with van der Waals surface area (Å²) >= 11 is 0. The van der Waals surface area contributed by atoms with Gasteiger partial charge in [-0.3, -0.25) is 4.68 Å². The zero-order valence-corrected chi connectivity index (χ0v) is 8.88. The SMILES string of the molecule is CNC(c1ccccc1)c1cnnn1C. The molecule has 78 valence electrons. The van der Waals surface area contributed by atoms with E-state index in [0.29, 0.717) is 0 Å². The molecule has 0 spiro atoms. The maximum atomic E-state index is 3.94. The molecule has 4 nitrogen and oxygen atoms in total. The van der Waals surface area contributed by atoms with Gasteiger partial charge in [0.2, 0.25) is 0 Å². The van der Waals surface area contributed by atoms with Crippen LogP contribution in [0.5, 0.6) is 0 Å². The van der Waals surface area contributed by atoms with E-state index in [4.69, 9.17) is 0 Å². The average molecular weight is 202 g/mol. The Morgan fingerprint density at radius 3 is 2.53 bits per heavy atom. The molecule has 4 heteroatoms. The fraction of sp³-hybridized carbons (Fsp3) is 0.273. The quantitative estimate of drug-likeness (QED) is 0.811. The molecule has 2 rings (SSSR count). The highest BCUT2D eigenvalue weighted by molar-refractivity contribution is 5.26. The minimum atomic E-state index is 0.145. The van der Waals surface area contributed by atoms with Crippen LogP contribution in [0.15, 0.2) is 36.5 Å². The van der Waals surface area contributed by atoms with Gasteiger partial charge < -0.3 is 5.32 Å². The third kappa shape index (κ3) is 1.89. The molecule has 0 aliphatic heterocycles. The highest BCUT2D eigenvalue weighted by Gasteiger charge is 2.15. The molecule has 1 aromatic carbocycles. The van der Waals surface area contributed by atoms with Crippen molar-refractivity contribution < 1.29 is 0 Å². The Bertz CT molecular complexity index is 421. The van der Waals surface area contributed by atoms with Crippen LogP contribution in [0.3, 0.4) is 0 Å². The molecule has 1 unspecified atom stereocenters. The molecule has 1 N–H and O–H groups in total. The Kier molecular flexibility index (Phi) is 2.78. The third-order valence-electron chi connectivity index (χ3n) is 2.47. The monoisotopic (exact) mass is 202 g/mol. The van der Waals surface area contributed by atoms with Crippen LogP contribution in [-0.2, 0) is 7.05 Å². The van der Waals surface area contributed by atoms with E-state index in [2.05, 4.69) is 27.8 Å². The molecule has 0 aliphatic carbocycles. The van der Waals surface area contributed by atoms with E-state index in [0.717, 1.165) is 5.69 Å². The minimum absolute atomic E-state index is 0.145. The van der Waals surface area contributed by atoms with Gasteiger partial charge in [0.15, 0.2) is 0 Å². The summed E-state index contributed by atoms with van der Waals surface area (Å²) in [6, 6.07) is 10.4. The van der Waals surface area contributed by atoms with Crippen LogP contribution in [0.25, 0.3) is 0 Å². The summed E-state index contributed by atoms with van der Waals surface area (Å²) < 4.78 is 1.79. The Morgan fingerprint density at radius 1 is 1.27 bits per heavy atom. The lowest BCUT2D eigenvalue weighted by Crippen LogP contribution is -2.20. The van der Waals surface area contributed by atoms with Gasteiger partial charge in [-0.05, 0) is 12.6 Å². The lowest BCUT2D eigenvalue weighted by atomic mass is 10.0. The van der Waals surface area contributed by atoms with Crippen LogP contribution in [0.1, 0.15) is 17.3 Å². The molecule has 0 bridgehead atoms. The smallest absolute Gasteiger partial charge is 0.0798 e. The molecule has 0 saturated carbocycles. The van der Waals surface area contributed by atoms with Gasteiger partial charge in [0.1, 0.15) is 0 Å². The number of benzene rings is 1. The van der Waals surface area contributed by atoms with E-state index in [-0.39, 0.29) is 6.04 Å². The molecule has 15 heavy (non-hydrogen) atoms. The number of nitrogens with one attached hydrogen (secondary N) is 1. The highest BCUT2D eigenvalue weighted by atomic mass is 15.4. The van der Waals surface area contributed by atoms with Gasteiger partial charge in [-0.1, -0.05) is 35.5 Å². The van der Waals surface area contributed by atoms with Crippen LogP contribution in [-0.4, -0.2) is 22.0 Å². The first-order valence-corrected chi connectivity index (χ1v) is 4.89. The predicted octanol–water partition coefficient (Wildman–Crippen LogP) is 1.12. The Labute approximate surface area is 88.9 Å². The summed E-state index contributed by atoms with van der Waals surface area (Å²) in [5.41, 5.74) is 2.27. The predicted molar refractivity (Wildman–Crippen MR) is 58.3 cm³/mol. The van der Waals surface area contributed by atoms with Gasteiger partial charge in [0, 0.05) is 7.05 Å². The van der Waals surface area contributed by atoms with Crippen LogP contribution in [0.4, 0.5) is 0 Å². The lowest BCUT2D eigenvalue weighted by molar-refractivity contribution is 0.598. The summed E-state index contributed by atoms with van der Waals surface area (Å²) in [6.45, 7) is 0. The second-order valence-electron chi connectivity index (χ2n) is 3.41. The fourth-order valence-corrected chi connectivity index (χ4v) is 1.69. The van der Waals surface area contributed by atoms with Gasteiger partial charge >= 0.3 is 0 Å². The Hall–Kier alpha value is -1.68. The van der Waals surface area contributed by atoms with Crippen molar-refractivity contribution in [2.45, 2.75) is 6.04 Å². The van der Waals surface area contributed by atoms with Crippen LogP contribution in [0, 0.1) is 0 Å². The molecule has 1 heterocycles. The topological polar surface area (TPSA) is 42.7 Å². The zero-order valence-electron chi connectivity index (χ0n) is 8.88. The number of nitrogens with zero attached hydrogens (tertiary/aromatic N) is 3. The Balaban J connectivity index is 2.37. The van der Waals surface area contributed by atoms with Gasteiger partial charge in [-0.15, -0.1) is 5.10 Å². The number of aromatic nitrogens is 3. The largest absolute Gasteiger partial charge is 0.308 e. The molecule has 0 radical (unpaired) electrons. The molecule has 0 aliphatic rings. The van der Waals surface area contributed by atoms with Crippen molar-refractivity contribution in [2.24, 2.45) is 7.05 Å². The first-order chi connectivity index (χ1) is 7.33. The van der Waals surface area contributed by atoms with E-state index in [1.165, 1.54) is 5.56 Å². The standard InChI is InChI=1S/C11H14N4/c1-12-11(9-6-4-3-5-7-9)10-8-13-14-15(10)2/h3-8,11-12H,1-2H3. The van der Waals surface area contributed by atoms with E-state index >= 15 is 0 Å². The summed E-state index contributed by atoms with van der Waals surface area (Å²) in [6.07, 6.45) is 1.79. The maximum absolute atomic E-state index is 3.94. The molecule has 0 amide bonds. The average Bonchev–Trinajstić information content (AvgIpc) is 2.68. The van der Waals surface area contributed by atoms with E-state index in [9.17, 15) is 0 Å². The van der Waals surface area contributed by atoms with Gasteiger partial charge in [0.05, 0.1) is 17.9 Å². The van der Waals surface area contributed by atoms with Crippen LogP contribution in [0.2, 0.25) is 0 Å². The van der Waals surface area contributed by atoms with Crippen molar-refractivity contribution in [3.05, 3.63) is 47.8 Å². The van der Waals surface area contributed by atoms with Crippen molar-refractivity contribution in [2.75, 3.05) is 7.05 Å². The summed E-state index contributed by atoms with van der Waals surface area (Å²) in [5.74, 6) is 0. The van der Waals surface area contributed by atoms with Gasteiger partial charge in [-0.25, -0.2) is 0 Å². The summed E-state index contributed by atoms with van der Waals surface area (Å²) in [4.78, 5) is 0. The van der Waals surface area contributed by atoms with E-state index in [1.54, 1.807) is 10.9 Å². The lowest BCUT2D eigenvalue weighted by Gasteiger charge is -2.15. The van der Waals surface area contributed by atoms with Crippen molar-refractivity contribution in [3.63, 3.8) is 0 Å². The Morgan fingerprint density at radius 2 is 2.00 bits per heavy atom. The molecule has 0 fully saturated rings. The summed E-state index contributed by atoms with van der Waals surface area (Å²) in [5, 5.41) is 11.1. The first kappa shape index (κ1) is 9.86. The van der Waals surface area contributed by atoms with Gasteiger partial charge in [-0.2, -0.15) is 0 Å². The minimum Gasteiger partial charge on any atom is -0.308 e. The highest BCUT2D eigenvalue weighted by Crippen LogP contribution is 2.19. The number of rotatable bonds is 3. The summed E-state index contributed by atoms with van der Waals surface area (Å²) in [7, 11) is 3.83.